The van der Waals surface area contributed by atoms with E-state index in [1.54, 1.807) is 17.0 Å². The van der Waals surface area contributed by atoms with E-state index in [-0.39, 0.29) is 17.8 Å². The van der Waals surface area contributed by atoms with Gasteiger partial charge in [0.05, 0.1) is 18.6 Å². The van der Waals surface area contributed by atoms with Crippen LogP contribution in [0.2, 0.25) is 5.15 Å². The molecule has 0 spiro atoms. The normalized spacial score (nSPS) is 16.2. The van der Waals surface area contributed by atoms with E-state index in [1.807, 2.05) is 0 Å². The number of carbonyl (C=O) groups excluding carboxylic acids is 2. The van der Waals surface area contributed by atoms with Crippen LogP contribution in [0.1, 0.15) is 23.2 Å². The molecule has 0 bridgehead atoms. The summed E-state index contributed by atoms with van der Waals surface area (Å²) in [5, 5.41) is 0.362. The molecule has 0 N–H and O–H groups in total. The number of nitrogens with zero attached hydrogens (tertiary/aromatic N) is 2. The van der Waals surface area contributed by atoms with Gasteiger partial charge in [-0.1, -0.05) is 11.6 Å². The summed E-state index contributed by atoms with van der Waals surface area (Å²) in [5.41, 5.74) is 0.515. The average molecular weight is 283 g/mol. The van der Waals surface area contributed by atoms with Crippen LogP contribution in [-0.2, 0) is 9.53 Å². The lowest BCUT2D eigenvalue weighted by Gasteiger charge is -2.30. The van der Waals surface area contributed by atoms with Gasteiger partial charge in [0.25, 0.3) is 5.91 Å². The highest BCUT2D eigenvalue weighted by molar-refractivity contribution is 6.29. The van der Waals surface area contributed by atoms with Gasteiger partial charge in [-0.25, -0.2) is 4.98 Å². The van der Waals surface area contributed by atoms with Crippen LogP contribution in [0.4, 0.5) is 0 Å². The van der Waals surface area contributed by atoms with Gasteiger partial charge in [0, 0.05) is 19.3 Å². The quantitative estimate of drug-likeness (QED) is 0.613. The molecule has 0 aliphatic carbocycles. The van der Waals surface area contributed by atoms with Crippen molar-refractivity contribution in [3.05, 3.63) is 29.0 Å². The van der Waals surface area contributed by atoms with Crippen molar-refractivity contribution in [3.63, 3.8) is 0 Å². The van der Waals surface area contributed by atoms with Gasteiger partial charge < -0.3 is 9.64 Å². The minimum atomic E-state index is -0.194. The highest BCUT2D eigenvalue weighted by Gasteiger charge is 2.28. The zero-order valence-corrected chi connectivity index (χ0v) is 11.4. The number of rotatable bonds is 2. The Bertz CT molecular complexity index is 467. The molecule has 0 unspecified atom stereocenters. The van der Waals surface area contributed by atoms with E-state index in [2.05, 4.69) is 4.98 Å². The highest BCUT2D eigenvalue weighted by atomic mass is 35.5. The molecule has 0 radical (unpaired) electrons. The number of pyridine rings is 1. The molecule has 1 aromatic rings. The zero-order valence-electron chi connectivity index (χ0n) is 10.6. The fraction of sp³-hybridized carbons (Fsp3) is 0.462. The molecule has 19 heavy (non-hydrogen) atoms. The van der Waals surface area contributed by atoms with Crippen molar-refractivity contribution >= 4 is 23.5 Å². The molecule has 2 rings (SSSR count). The number of amides is 1. The van der Waals surface area contributed by atoms with Crippen molar-refractivity contribution in [1.29, 1.82) is 0 Å². The minimum absolute atomic E-state index is 0.0764. The first-order valence-corrected chi connectivity index (χ1v) is 6.48. The Hall–Kier alpha value is -1.62. The highest BCUT2D eigenvalue weighted by Crippen LogP contribution is 2.20. The average Bonchev–Trinajstić information content (AvgIpc) is 2.46. The standard InChI is InChI=1S/C13H15ClN2O3/c1-19-13(18)9-4-6-16(7-5-9)12(17)10-2-3-11(14)15-8-10/h2-3,8-9H,4-7H2,1H3. The van der Waals surface area contributed by atoms with Gasteiger partial charge in [-0.3, -0.25) is 9.59 Å². The maximum absolute atomic E-state index is 12.2. The van der Waals surface area contributed by atoms with E-state index in [0.29, 0.717) is 36.6 Å². The number of halogens is 1. The van der Waals surface area contributed by atoms with E-state index in [4.69, 9.17) is 16.3 Å². The second kappa shape index (κ2) is 6.02. The molecule has 1 aromatic heterocycles. The largest absolute Gasteiger partial charge is 0.469 e. The van der Waals surface area contributed by atoms with Crippen LogP contribution in [0.3, 0.4) is 0 Å². The van der Waals surface area contributed by atoms with Crippen LogP contribution >= 0.6 is 11.6 Å². The van der Waals surface area contributed by atoms with E-state index < -0.39 is 0 Å². The molecule has 2 heterocycles. The molecule has 102 valence electrons. The lowest BCUT2D eigenvalue weighted by molar-refractivity contribution is -0.146. The van der Waals surface area contributed by atoms with Gasteiger partial charge in [-0.2, -0.15) is 0 Å². The summed E-state index contributed by atoms with van der Waals surface area (Å²) >= 11 is 5.68. The number of carbonyl (C=O) groups is 2. The summed E-state index contributed by atoms with van der Waals surface area (Å²) in [6, 6.07) is 3.25. The Labute approximate surface area is 116 Å². The van der Waals surface area contributed by atoms with E-state index in [9.17, 15) is 9.59 Å². The number of piperidine rings is 1. The van der Waals surface area contributed by atoms with Crippen molar-refractivity contribution in [2.24, 2.45) is 5.92 Å². The SMILES string of the molecule is COC(=O)C1CCN(C(=O)c2ccc(Cl)nc2)CC1. The maximum atomic E-state index is 12.2. The molecule has 6 heteroatoms. The fourth-order valence-corrected chi connectivity index (χ4v) is 2.28. The molecule has 1 amide bonds. The van der Waals surface area contributed by atoms with Crippen molar-refractivity contribution in [1.82, 2.24) is 9.88 Å². The first-order chi connectivity index (χ1) is 9.11. The minimum Gasteiger partial charge on any atom is -0.469 e. The fourth-order valence-electron chi connectivity index (χ4n) is 2.17. The Kier molecular flexibility index (Phi) is 4.37. The molecule has 1 aliphatic rings. The van der Waals surface area contributed by atoms with Gasteiger partial charge in [0.15, 0.2) is 0 Å². The predicted octanol–water partition coefficient (Wildman–Crippen LogP) is 1.76. The van der Waals surface area contributed by atoms with Crippen LogP contribution < -0.4 is 0 Å². The Morgan fingerprint density at radius 1 is 1.37 bits per heavy atom. The Morgan fingerprint density at radius 2 is 2.05 bits per heavy atom. The van der Waals surface area contributed by atoms with Crippen LogP contribution in [0.25, 0.3) is 0 Å². The van der Waals surface area contributed by atoms with Crippen molar-refractivity contribution in [3.8, 4) is 0 Å². The first kappa shape index (κ1) is 13.8. The zero-order chi connectivity index (χ0) is 13.8. The number of likely N-dealkylation sites (tertiary alicyclic amines) is 1. The summed E-state index contributed by atoms with van der Waals surface area (Å²) in [7, 11) is 1.39. The number of ether oxygens (including phenoxy) is 1. The molecule has 5 nitrogen and oxygen atoms in total. The molecule has 1 saturated heterocycles. The molecule has 1 aliphatic heterocycles. The second-order valence-corrected chi connectivity index (χ2v) is 4.85. The predicted molar refractivity (Wildman–Crippen MR) is 69.9 cm³/mol. The summed E-state index contributed by atoms with van der Waals surface area (Å²) < 4.78 is 4.72. The number of esters is 1. The lowest BCUT2D eigenvalue weighted by atomic mass is 9.96. The third kappa shape index (κ3) is 3.23. The van der Waals surface area contributed by atoms with Crippen molar-refractivity contribution < 1.29 is 14.3 Å². The van der Waals surface area contributed by atoms with E-state index in [1.165, 1.54) is 13.3 Å². The maximum Gasteiger partial charge on any atom is 0.308 e. The van der Waals surface area contributed by atoms with Gasteiger partial charge >= 0.3 is 5.97 Å². The number of hydrogen-bond acceptors (Lipinski definition) is 4. The number of aromatic nitrogens is 1. The Morgan fingerprint density at radius 3 is 2.58 bits per heavy atom. The molecule has 1 fully saturated rings. The smallest absolute Gasteiger partial charge is 0.308 e. The third-order valence-electron chi connectivity index (χ3n) is 3.29. The lowest BCUT2D eigenvalue weighted by Crippen LogP contribution is -2.40. The summed E-state index contributed by atoms with van der Waals surface area (Å²) in [6.07, 6.45) is 2.75. The molecule has 0 aromatic carbocycles. The molecular formula is C13H15ClN2O3. The van der Waals surface area contributed by atoms with Crippen LogP contribution in [0, 0.1) is 5.92 Å². The van der Waals surface area contributed by atoms with Crippen LogP contribution in [0.5, 0.6) is 0 Å². The topological polar surface area (TPSA) is 59.5 Å². The Balaban J connectivity index is 1.96. The second-order valence-electron chi connectivity index (χ2n) is 4.46. The third-order valence-corrected chi connectivity index (χ3v) is 3.51. The summed E-state index contributed by atoms with van der Waals surface area (Å²) in [5.74, 6) is -0.370. The number of hydrogen-bond donors (Lipinski definition) is 0. The van der Waals surface area contributed by atoms with Gasteiger partial charge in [0.1, 0.15) is 5.15 Å². The molecular weight excluding hydrogens is 268 g/mol. The van der Waals surface area contributed by atoms with Gasteiger partial charge in [-0.15, -0.1) is 0 Å². The van der Waals surface area contributed by atoms with E-state index >= 15 is 0 Å². The van der Waals surface area contributed by atoms with E-state index in [0.717, 1.165) is 0 Å². The van der Waals surface area contributed by atoms with Crippen molar-refractivity contribution in [2.45, 2.75) is 12.8 Å². The van der Waals surface area contributed by atoms with Gasteiger partial charge in [-0.05, 0) is 25.0 Å². The number of methoxy groups -OCH3 is 1. The summed E-state index contributed by atoms with van der Waals surface area (Å²) in [6.45, 7) is 1.11. The molecule has 0 saturated carbocycles. The summed E-state index contributed by atoms with van der Waals surface area (Å²) in [4.78, 5) is 29.2. The van der Waals surface area contributed by atoms with Gasteiger partial charge in [0.2, 0.25) is 0 Å². The molecule has 0 atom stereocenters. The van der Waals surface area contributed by atoms with Crippen molar-refractivity contribution in [2.75, 3.05) is 20.2 Å². The monoisotopic (exact) mass is 282 g/mol. The van der Waals surface area contributed by atoms with Crippen LogP contribution in [0.15, 0.2) is 18.3 Å². The van der Waals surface area contributed by atoms with Crippen LogP contribution in [-0.4, -0.2) is 42.0 Å². The first-order valence-electron chi connectivity index (χ1n) is 6.10.